The molecule has 2 atom stereocenters. The Morgan fingerprint density at radius 3 is 1.36 bits per heavy atom. The number of ketones is 2. The molecule has 0 spiro atoms. The Hall–Kier alpha value is -1.73. The number of carbonyl (C=O) groups excluding carboxylic acids is 2. The van der Waals surface area contributed by atoms with Crippen LogP contribution >= 0.6 is 0 Å². The molecule has 141 valence electrons. The van der Waals surface area contributed by atoms with Crippen molar-refractivity contribution in [2.45, 2.75) is 65.5 Å². The van der Waals surface area contributed by atoms with Gasteiger partial charge in [-0.2, -0.15) is 0 Å². The van der Waals surface area contributed by atoms with Crippen molar-refractivity contribution in [2.75, 3.05) is 0 Å². The number of carbonyl (C=O) groups is 2. The molecule has 0 aromatic rings. The fourth-order valence-corrected chi connectivity index (χ4v) is 2.66. The van der Waals surface area contributed by atoms with Crippen LogP contribution in [0.5, 0.6) is 0 Å². The number of allylic oxidation sites excluding steroid dienone is 4. The number of hydrogen-bond donors (Lipinski definition) is 2. The van der Waals surface area contributed by atoms with Crippen LogP contribution in [-0.2, 0) is 26.4 Å². The summed E-state index contributed by atoms with van der Waals surface area (Å²) in [4.78, 5) is 31.9. The maximum absolute atomic E-state index is 11.5. The average Bonchev–Trinajstić information content (AvgIpc) is 2.47. The predicted molar refractivity (Wildman–Crippen MR) is 95.0 cm³/mol. The molecular weight excluding hydrogens is 367 g/mol. The van der Waals surface area contributed by atoms with Crippen LogP contribution in [0.25, 0.3) is 0 Å². The van der Waals surface area contributed by atoms with Gasteiger partial charge in [0.05, 0.1) is 23.2 Å². The summed E-state index contributed by atoms with van der Waals surface area (Å²) in [7, 11) is 0. The molecule has 7 heteroatoms. The van der Waals surface area contributed by atoms with Gasteiger partial charge in [-0.3, -0.25) is 19.6 Å². The minimum Gasteiger partial charge on any atom is -0.512 e. The van der Waals surface area contributed by atoms with Crippen molar-refractivity contribution in [3.63, 3.8) is 0 Å². The Kier molecular flexibility index (Phi) is 10.2. The fraction of sp³-hybridized carbons (Fsp3) is 0.556. The Bertz CT molecular complexity index is 559. The summed E-state index contributed by atoms with van der Waals surface area (Å²) in [6, 6.07) is -0.230. The maximum atomic E-state index is 11.5. The first kappa shape index (κ1) is 23.3. The molecule has 0 bridgehead atoms. The molecule has 1 saturated carbocycles. The van der Waals surface area contributed by atoms with E-state index in [0.717, 1.165) is 25.7 Å². The van der Waals surface area contributed by atoms with E-state index in [0.29, 0.717) is 0 Å². The number of aliphatic imine (C=N–C) groups is 2. The smallest absolute Gasteiger partial charge is 0.164 e. The van der Waals surface area contributed by atoms with Gasteiger partial charge in [-0.25, -0.2) is 0 Å². The molecule has 0 amide bonds. The molecule has 25 heavy (non-hydrogen) atoms. The first-order chi connectivity index (χ1) is 11.2. The molecule has 0 aromatic carbocycles. The van der Waals surface area contributed by atoms with Crippen molar-refractivity contribution in [2.24, 2.45) is 9.98 Å². The second kappa shape index (κ2) is 11.0. The van der Waals surface area contributed by atoms with Crippen LogP contribution < -0.4 is 0 Å². The van der Waals surface area contributed by atoms with Crippen molar-refractivity contribution in [3.8, 4) is 0 Å². The van der Waals surface area contributed by atoms with Gasteiger partial charge in [0.25, 0.3) is 0 Å². The molecule has 6 nitrogen and oxygen atoms in total. The van der Waals surface area contributed by atoms with Gasteiger partial charge in [0.15, 0.2) is 11.6 Å². The van der Waals surface area contributed by atoms with Crippen molar-refractivity contribution in [1.82, 2.24) is 0 Å². The fourth-order valence-electron chi connectivity index (χ4n) is 2.66. The van der Waals surface area contributed by atoms with Gasteiger partial charge >= 0.3 is 0 Å². The SMILES string of the molecule is CC(=O)C(C=NC1CCCCC1N=CC(C(C)=O)=C(C)O)=C(C)O.[Co]. The summed E-state index contributed by atoms with van der Waals surface area (Å²) in [6.07, 6.45) is 6.50. The van der Waals surface area contributed by atoms with Crippen LogP contribution in [0.4, 0.5) is 0 Å². The van der Waals surface area contributed by atoms with E-state index in [1.54, 1.807) is 0 Å². The molecule has 0 aromatic heterocycles. The molecule has 1 fully saturated rings. The molecule has 1 aliphatic rings. The van der Waals surface area contributed by atoms with E-state index >= 15 is 0 Å². The second-order valence-electron chi connectivity index (χ2n) is 6.09. The third-order valence-corrected chi connectivity index (χ3v) is 4.02. The average molecular weight is 393 g/mol. The van der Waals surface area contributed by atoms with Crippen molar-refractivity contribution < 1.29 is 36.6 Å². The zero-order chi connectivity index (χ0) is 18.3. The summed E-state index contributed by atoms with van der Waals surface area (Å²) in [5.74, 6) is -0.598. The second-order valence-corrected chi connectivity index (χ2v) is 6.09. The Morgan fingerprint density at radius 2 is 1.12 bits per heavy atom. The van der Waals surface area contributed by atoms with Crippen LogP contribution in [0.3, 0.4) is 0 Å². The minimum atomic E-state index is -0.243. The number of Topliss-reactive ketones (excluding diaryl/α,β-unsaturated/α-hetero) is 2. The summed E-state index contributed by atoms with van der Waals surface area (Å²) in [5, 5.41) is 19.1. The first-order valence-electron chi connectivity index (χ1n) is 8.12. The number of aliphatic hydroxyl groups is 2. The Labute approximate surface area is 159 Å². The van der Waals surface area contributed by atoms with Crippen molar-refractivity contribution in [3.05, 3.63) is 22.7 Å². The van der Waals surface area contributed by atoms with Crippen LogP contribution in [0, 0.1) is 0 Å². The van der Waals surface area contributed by atoms with Gasteiger partial charge in [0, 0.05) is 29.2 Å². The zero-order valence-electron chi connectivity index (χ0n) is 15.1. The molecule has 1 aliphatic carbocycles. The number of nitrogens with zero attached hydrogens (tertiary/aromatic N) is 2. The van der Waals surface area contributed by atoms with Crippen molar-refractivity contribution in [1.29, 1.82) is 0 Å². The molecule has 0 saturated heterocycles. The van der Waals surface area contributed by atoms with E-state index in [4.69, 9.17) is 0 Å². The third kappa shape index (κ3) is 7.35. The quantitative estimate of drug-likeness (QED) is 0.411. The summed E-state index contributed by atoms with van der Waals surface area (Å²) >= 11 is 0. The Morgan fingerprint density at radius 1 is 0.800 bits per heavy atom. The third-order valence-electron chi connectivity index (χ3n) is 4.02. The normalized spacial score (nSPS) is 23.0. The monoisotopic (exact) mass is 393 g/mol. The minimum absolute atomic E-state index is 0. The van der Waals surface area contributed by atoms with Crippen molar-refractivity contribution >= 4 is 24.0 Å². The van der Waals surface area contributed by atoms with Gasteiger partial charge in [-0.1, -0.05) is 12.8 Å². The summed E-state index contributed by atoms with van der Waals surface area (Å²) in [5.41, 5.74) is 0.387. The number of rotatable bonds is 6. The van der Waals surface area contributed by atoms with Gasteiger partial charge in [-0.05, 0) is 40.5 Å². The Balaban J connectivity index is 0.00000576. The molecule has 2 unspecified atom stereocenters. The van der Waals surface area contributed by atoms with Gasteiger partial charge in [0.1, 0.15) is 11.5 Å². The van der Waals surface area contributed by atoms with Crippen LogP contribution in [0.1, 0.15) is 53.4 Å². The van der Waals surface area contributed by atoms with Gasteiger partial charge in [-0.15, -0.1) is 0 Å². The molecular formula is C18H26CoN2O4. The van der Waals surface area contributed by atoms with Crippen LogP contribution in [-0.4, -0.2) is 46.3 Å². The van der Waals surface area contributed by atoms with E-state index in [1.165, 1.54) is 40.1 Å². The zero-order valence-corrected chi connectivity index (χ0v) is 16.1. The number of aliphatic hydroxyl groups excluding tert-OH is 2. The van der Waals surface area contributed by atoms with E-state index in [1.807, 2.05) is 0 Å². The number of hydrogen-bond acceptors (Lipinski definition) is 6. The molecule has 0 heterocycles. The summed E-state index contributed by atoms with van der Waals surface area (Å²) in [6.45, 7) is 5.66. The molecule has 1 rings (SSSR count). The largest absolute Gasteiger partial charge is 0.512 e. The first-order valence-corrected chi connectivity index (χ1v) is 8.12. The van der Waals surface area contributed by atoms with Gasteiger partial charge < -0.3 is 10.2 Å². The summed E-state index contributed by atoms with van der Waals surface area (Å²) < 4.78 is 0. The molecule has 1 radical (unpaired) electrons. The molecule has 2 N–H and O–H groups in total. The van der Waals surface area contributed by atoms with E-state index in [2.05, 4.69) is 9.98 Å². The molecule has 0 aliphatic heterocycles. The topological polar surface area (TPSA) is 99.3 Å². The van der Waals surface area contributed by atoms with Crippen LogP contribution in [0.2, 0.25) is 0 Å². The predicted octanol–water partition coefficient (Wildman–Crippen LogP) is 3.28. The standard InChI is InChI=1S/C18H26N2O4.Co/c1-11(21)15(12(2)22)9-19-17-7-5-6-8-18(17)20-10-16(13(3)23)14(4)24;/h9-10,17-18,21,23H,5-8H2,1-4H3;. The van der Waals surface area contributed by atoms with E-state index in [9.17, 15) is 19.8 Å². The van der Waals surface area contributed by atoms with E-state index < -0.39 is 0 Å². The van der Waals surface area contributed by atoms with Crippen LogP contribution in [0.15, 0.2) is 32.6 Å². The van der Waals surface area contributed by atoms with Gasteiger partial charge in [0.2, 0.25) is 0 Å². The van der Waals surface area contributed by atoms with E-state index in [-0.39, 0.29) is 63.1 Å². The maximum Gasteiger partial charge on any atom is 0.164 e.